The van der Waals surface area contributed by atoms with Crippen LogP contribution in [-0.4, -0.2) is 30.5 Å². The minimum Gasteiger partial charge on any atom is -0.494 e. The highest BCUT2D eigenvalue weighted by atomic mass is 16.6. The second-order valence-electron chi connectivity index (χ2n) is 4.67. The fraction of sp³-hybridized carbons (Fsp3) is 0.462. The molecule has 1 saturated carbocycles. The zero-order valence-corrected chi connectivity index (χ0v) is 11.2. The van der Waals surface area contributed by atoms with Crippen LogP contribution in [0.2, 0.25) is 0 Å². The molecule has 1 amide bonds. The molecule has 1 aromatic rings. The summed E-state index contributed by atoms with van der Waals surface area (Å²) in [6, 6.07) is 4.67. The number of ether oxygens (including phenoxy) is 1. The number of hydrogen-bond acceptors (Lipinski definition) is 5. The van der Waals surface area contributed by atoms with E-state index < -0.39 is 4.92 Å². The van der Waals surface area contributed by atoms with Gasteiger partial charge in [0, 0.05) is 25.1 Å². The Morgan fingerprint density at radius 1 is 1.50 bits per heavy atom. The first kappa shape index (κ1) is 14.3. The molecule has 1 aliphatic carbocycles. The van der Waals surface area contributed by atoms with E-state index in [9.17, 15) is 14.9 Å². The lowest BCUT2D eigenvalue weighted by molar-refractivity contribution is -0.384. The fourth-order valence-electron chi connectivity index (χ4n) is 1.79. The molecule has 0 aromatic heterocycles. The van der Waals surface area contributed by atoms with E-state index in [-0.39, 0.29) is 17.3 Å². The smallest absolute Gasteiger partial charge is 0.273 e. The van der Waals surface area contributed by atoms with Crippen LogP contribution >= 0.6 is 0 Å². The number of non-ortho nitro benzene ring substituents is 1. The van der Waals surface area contributed by atoms with Crippen molar-refractivity contribution in [2.24, 2.45) is 0 Å². The van der Waals surface area contributed by atoms with Gasteiger partial charge < -0.3 is 15.4 Å². The van der Waals surface area contributed by atoms with Gasteiger partial charge in [0.2, 0.25) is 5.91 Å². The van der Waals surface area contributed by atoms with Crippen LogP contribution in [0.3, 0.4) is 0 Å². The average Bonchev–Trinajstić information content (AvgIpc) is 3.23. The summed E-state index contributed by atoms with van der Waals surface area (Å²) in [4.78, 5) is 21.9. The van der Waals surface area contributed by atoms with Gasteiger partial charge in [-0.05, 0) is 18.9 Å². The lowest BCUT2D eigenvalue weighted by atomic mass is 10.2. The summed E-state index contributed by atoms with van der Waals surface area (Å²) in [7, 11) is 1.41. The molecular formula is C13H17N3O4. The van der Waals surface area contributed by atoms with Gasteiger partial charge in [-0.1, -0.05) is 0 Å². The number of hydrogen-bond donors (Lipinski definition) is 2. The van der Waals surface area contributed by atoms with E-state index in [0.29, 0.717) is 24.7 Å². The number of carbonyl (C=O) groups is 1. The summed E-state index contributed by atoms with van der Waals surface area (Å²) in [6.07, 6.45) is 2.71. The highest BCUT2D eigenvalue weighted by Gasteiger charge is 2.20. The van der Waals surface area contributed by atoms with Gasteiger partial charge in [-0.15, -0.1) is 0 Å². The molecule has 1 aliphatic rings. The van der Waals surface area contributed by atoms with Crippen molar-refractivity contribution in [3.05, 3.63) is 28.3 Å². The van der Waals surface area contributed by atoms with E-state index in [1.165, 1.54) is 38.2 Å². The third kappa shape index (κ3) is 3.92. The maximum absolute atomic E-state index is 11.8. The van der Waals surface area contributed by atoms with E-state index in [4.69, 9.17) is 4.74 Å². The Bertz CT molecular complexity index is 514. The van der Waals surface area contributed by atoms with Gasteiger partial charge >= 0.3 is 0 Å². The molecule has 0 saturated heterocycles. The van der Waals surface area contributed by atoms with Crippen molar-refractivity contribution in [2.45, 2.75) is 25.3 Å². The first-order valence-corrected chi connectivity index (χ1v) is 6.46. The zero-order chi connectivity index (χ0) is 14.5. The number of anilines is 1. The molecule has 0 atom stereocenters. The molecule has 20 heavy (non-hydrogen) atoms. The van der Waals surface area contributed by atoms with Crippen LogP contribution in [-0.2, 0) is 4.79 Å². The van der Waals surface area contributed by atoms with E-state index in [1.807, 2.05) is 0 Å². The van der Waals surface area contributed by atoms with Gasteiger partial charge in [-0.2, -0.15) is 0 Å². The summed E-state index contributed by atoms with van der Waals surface area (Å²) in [6.45, 7) is 0.631. The fourth-order valence-corrected chi connectivity index (χ4v) is 1.79. The summed E-state index contributed by atoms with van der Waals surface area (Å²) in [5.41, 5.74) is 0.366. The van der Waals surface area contributed by atoms with Crippen LogP contribution < -0.4 is 15.4 Å². The van der Waals surface area contributed by atoms with E-state index >= 15 is 0 Å². The molecule has 2 N–H and O–H groups in total. The van der Waals surface area contributed by atoms with Gasteiger partial charge in [0.1, 0.15) is 5.75 Å². The predicted molar refractivity (Wildman–Crippen MR) is 73.9 cm³/mol. The van der Waals surface area contributed by atoms with Crippen LogP contribution in [0.15, 0.2) is 18.2 Å². The van der Waals surface area contributed by atoms with Gasteiger partial charge in [0.05, 0.1) is 23.8 Å². The number of nitro groups is 1. The Morgan fingerprint density at radius 2 is 2.25 bits per heavy atom. The van der Waals surface area contributed by atoms with Crippen LogP contribution in [0.4, 0.5) is 11.4 Å². The molecule has 0 bridgehead atoms. The SMILES string of the molecule is COc1cc([N+](=O)[O-])ccc1NC(=O)CCNC1CC1. The Balaban J connectivity index is 1.92. The Morgan fingerprint density at radius 3 is 2.85 bits per heavy atom. The van der Waals surface area contributed by atoms with E-state index in [2.05, 4.69) is 10.6 Å². The maximum atomic E-state index is 11.8. The monoisotopic (exact) mass is 279 g/mol. The molecule has 0 unspecified atom stereocenters. The summed E-state index contributed by atoms with van der Waals surface area (Å²) in [5, 5.41) is 16.6. The Labute approximate surface area is 116 Å². The molecule has 1 fully saturated rings. The highest BCUT2D eigenvalue weighted by Crippen LogP contribution is 2.29. The second kappa shape index (κ2) is 6.33. The maximum Gasteiger partial charge on any atom is 0.273 e. The largest absolute Gasteiger partial charge is 0.494 e. The van der Waals surface area contributed by atoms with Crippen molar-refractivity contribution in [1.29, 1.82) is 0 Å². The Hall–Kier alpha value is -2.15. The number of methoxy groups -OCH3 is 1. The average molecular weight is 279 g/mol. The molecule has 0 spiro atoms. The van der Waals surface area contributed by atoms with E-state index in [1.54, 1.807) is 0 Å². The second-order valence-corrected chi connectivity index (χ2v) is 4.67. The molecule has 0 aliphatic heterocycles. The quantitative estimate of drug-likeness (QED) is 0.585. The van der Waals surface area contributed by atoms with Crippen LogP contribution in [0.5, 0.6) is 5.75 Å². The first-order chi connectivity index (χ1) is 9.60. The number of nitrogens with one attached hydrogen (secondary N) is 2. The van der Waals surface area contributed by atoms with Gasteiger partial charge in [0.15, 0.2) is 0 Å². The Kier molecular flexibility index (Phi) is 4.52. The lowest BCUT2D eigenvalue weighted by Crippen LogP contribution is -2.23. The molecule has 1 aromatic carbocycles. The summed E-state index contributed by atoms with van der Waals surface area (Å²) < 4.78 is 5.05. The molecular weight excluding hydrogens is 262 g/mol. The number of nitrogens with zero attached hydrogens (tertiary/aromatic N) is 1. The molecule has 2 rings (SSSR count). The normalized spacial score (nSPS) is 13.8. The molecule has 0 heterocycles. The summed E-state index contributed by atoms with van der Waals surface area (Å²) >= 11 is 0. The highest BCUT2D eigenvalue weighted by molar-refractivity contribution is 5.92. The van der Waals surface area contributed by atoms with E-state index in [0.717, 1.165) is 0 Å². The van der Waals surface area contributed by atoms with Crippen molar-refractivity contribution >= 4 is 17.3 Å². The number of rotatable bonds is 7. The third-order valence-corrected chi connectivity index (χ3v) is 3.03. The number of amides is 1. The van der Waals surface area contributed by atoms with Gasteiger partial charge in [-0.25, -0.2) is 0 Å². The standard InChI is InChI=1S/C13H17N3O4/c1-20-12-8-10(16(18)19)4-5-11(12)15-13(17)6-7-14-9-2-3-9/h4-5,8-9,14H,2-3,6-7H2,1H3,(H,15,17). The van der Waals surface area contributed by atoms with Gasteiger partial charge in [-0.3, -0.25) is 14.9 Å². The van der Waals surface area contributed by atoms with Crippen LogP contribution in [0.1, 0.15) is 19.3 Å². The van der Waals surface area contributed by atoms with Crippen molar-refractivity contribution in [3.63, 3.8) is 0 Å². The predicted octanol–water partition coefficient (Wildman–Crippen LogP) is 1.68. The number of benzene rings is 1. The van der Waals surface area contributed by atoms with Crippen molar-refractivity contribution in [3.8, 4) is 5.75 Å². The minimum atomic E-state index is -0.506. The topological polar surface area (TPSA) is 93.5 Å². The van der Waals surface area contributed by atoms with Crippen LogP contribution in [0.25, 0.3) is 0 Å². The number of carbonyl (C=O) groups excluding carboxylic acids is 1. The molecule has 0 radical (unpaired) electrons. The molecule has 108 valence electrons. The van der Waals surface area contributed by atoms with Crippen molar-refractivity contribution < 1.29 is 14.5 Å². The van der Waals surface area contributed by atoms with Gasteiger partial charge in [0.25, 0.3) is 5.69 Å². The number of nitro benzene ring substituents is 1. The van der Waals surface area contributed by atoms with Crippen molar-refractivity contribution in [1.82, 2.24) is 5.32 Å². The zero-order valence-electron chi connectivity index (χ0n) is 11.2. The first-order valence-electron chi connectivity index (χ1n) is 6.46. The molecule has 7 nitrogen and oxygen atoms in total. The molecule has 7 heteroatoms. The van der Waals surface area contributed by atoms with Crippen LogP contribution in [0, 0.1) is 10.1 Å². The third-order valence-electron chi connectivity index (χ3n) is 3.03. The lowest BCUT2D eigenvalue weighted by Gasteiger charge is -2.10. The van der Waals surface area contributed by atoms with Crippen molar-refractivity contribution in [2.75, 3.05) is 19.0 Å². The minimum absolute atomic E-state index is 0.0738. The summed E-state index contributed by atoms with van der Waals surface area (Å²) in [5.74, 6) is 0.132.